The van der Waals surface area contributed by atoms with Crippen LogP contribution in [0.3, 0.4) is 0 Å². The highest BCUT2D eigenvalue weighted by molar-refractivity contribution is 7.99. The van der Waals surface area contributed by atoms with Gasteiger partial charge in [0.2, 0.25) is 5.91 Å². The van der Waals surface area contributed by atoms with Crippen LogP contribution in [0.4, 0.5) is 0 Å². The van der Waals surface area contributed by atoms with Crippen LogP contribution in [-0.2, 0) is 14.3 Å². The summed E-state index contributed by atoms with van der Waals surface area (Å²) < 4.78 is 4.77. The third-order valence-corrected chi connectivity index (χ3v) is 4.84. The molecule has 1 amide bonds. The van der Waals surface area contributed by atoms with Crippen molar-refractivity contribution < 1.29 is 14.3 Å². The number of hydrogen-bond donors (Lipinski definition) is 1. The second kappa shape index (κ2) is 8.68. The zero-order chi connectivity index (χ0) is 17.5. The molecule has 1 N–H and O–H groups in total. The Bertz CT molecular complexity index is 720. The number of hydrogen-bond acceptors (Lipinski definition) is 5. The van der Waals surface area contributed by atoms with Crippen LogP contribution in [0.2, 0.25) is 0 Å². The molecule has 2 aromatic rings. The number of methoxy groups -OCH3 is 1. The molecule has 6 heteroatoms. The van der Waals surface area contributed by atoms with Crippen molar-refractivity contribution in [1.82, 2.24) is 10.3 Å². The van der Waals surface area contributed by atoms with Gasteiger partial charge in [-0.15, -0.1) is 0 Å². The number of para-hydroxylation sites is 1. The molecule has 0 aliphatic rings. The van der Waals surface area contributed by atoms with Gasteiger partial charge in [0.15, 0.2) is 0 Å². The van der Waals surface area contributed by atoms with Crippen LogP contribution in [0.15, 0.2) is 41.4 Å². The smallest absolute Gasteiger partial charge is 0.328 e. The quantitative estimate of drug-likeness (QED) is 0.616. The molecule has 1 aromatic carbocycles. The van der Waals surface area contributed by atoms with Gasteiger partial charge in [0.25, 0.3) is 0 Å². The molecule has 24 heavy (non-hydrogen) atoms. The maximum absolute atomic E-state index is 12.2. The molecule has 0 saturated heterocycles. The number of carbonyl (C=O) groups is 2. The number of amides is 1. The normalized spacial score (nSPS) is 13.3. The van der Waals surface area contributed by atoms with E-state index in [1.807, 2.05) is 50.2 Å². The van der Waals surface area contributed by atoms with E-state index in [-0.39, 0.29) is 17.6 Å². The maximum atomic E-state index is 12.2. The molecular weight excluding hydrogens is 324 g/mol. The Morgan fingerprint density at radius 2 is 2.00 bits per heavy atom. The Balaban J connectivity index is 1.96. The lowest BCUT2D eigenvalue weighted by Gasteiger charge is -2.21. The number of nitrogens with zero attached hydrogens (tertiary/aromatic N) is 1. The fraction of sp³-hybridized carbons (Fsp3) is 0.389. The summed E-state index contributed by atoms with van der Waals surface area (Å²) in [6.45, 7) is 3.89. The van der Waals surface area contributed by atoms with E-state index >= 15 is 0 Å². The van der Waals surface area contributed by atoms with Gasteiger partial charge in [-0.3, -0.25) is 4.79 Å². The molecule has 128 valence electrons. The van der Waals surface area contributed by atoms with Gasteiger partial charge in [-0.25, -0.2) is 9.78 Å². The first-order valence-electron chi connectivity index (χ1n) is 7.91. The van der Waals surface area contributed by atoms with Gasteiger partial charge in [0, 0.05) is 5.39 Å². The van der Waals surface area contributed by atoms with Crippen molar-refractivity contribution in [2.24, 2.45) is 5.92 Å². The van der Waals surface area contributed by atoms with Crippen LogP contribution < -0.4 is 5.32 Å². The molecule has 2 atom stereocenters. The van der Waals surface area contributed by atoms with E-state index in [1.165, 1.54) is 18.9 Å². The molecule has 0 radical (unpaired) electrons. The highest BCUT2D eigenvalue weighted by atomic mass is 32.2. The maximum Gasteiger partial charge on any atom is 0.328 e. The summed E-state index contributed by atoms with van der Waals surface area (Å²) in [5.74, 6) is -0.391. The molecular formula is C18H22N2O3S. The Morgan fingerprint density at radius 1 is 1.25 bits per heavy atom. The second-order valence-electron chi connectivity index (χ2n) is 5.58. The second-order valence-corrected chi connectivity index (χ2v) is 6.58. The zero-order valence-corrected chi connectivity index (χ0v) is 14.9. The molecule has 0 spiro atoms. The van der Waals surface area contributed by atoms with Crippen LogP contribution in [0.25, 0.3) is 10.9 Å². The standard InChI is InChI=1S/C18H22N2O3S/c1-4-12(2)17(18(22)23-3)20-15(21)11-24-16-10-9-13-7-5-6-8-14(13)19-16/h5-10,12,17H,4,11H2,1-3H3,(H,20,21)/t12-,17-/m0/s1. The lowest BCUT2D eigenvalue weighted by atomic mass is 9.99. The highest BCUT2D eigenvalue weighted by Gasteiger charge is 2.26. The molecule has 2 rings (SSSR count). The molecule has 5 nitrogen and oxygen atoms in total. The van der Waals surface area contributed by atoms with Crippen LogP contribution >= 0.6 is 11.8 Å². The van der Waals surface area contributed by atoms with Crippen molar-refractivity contribution in [1.29, 1.82) is 0 Å². The largest absolute Gasteiger partial charge is 0.467 e. The molecule has 0 bridgehead atoms. The van der Waals surface area contributed by atoms with Crippen LogP contribution in [-0.4, -0.2) is 35.8 Å². The van der Waals surface area contributed by atoms with Gasteiger partial charge < -0.3 is 10.1 Å². The van der Waals surface area contributed by atoms with E-state index in [9.17, 15) is 9.59 Å². The van der Waals surface area contributed by atoms with E-state index in [0.717, 1.165) is 22.3 Å². The summed E-state index contributed by atoms with van der Waals surface area (Å²) in [4.78, 5) is 28.5. The summed E-state index contributed by atoms with van der Waals surface area (Å²) in [6.07, 6.45) is 0.777. The minimum Gasteiger partial charge on any atom is -0.467 e. The first-order chi connectivity index (χ1) is 11.5. The van der Waals surface area contributed by atoms with E-state index < -0.39 is 12.0 Å². The molecule has 1 aromatic heterocycles. The average Bonchev–Trinajstić information content (AvgIpc) is 2.62. The lowest BCUT2D eigenvalue weighted by Crippen LogP contribution is -2.46. The summed E-state index contributed by atoms with van der Waals surface area (Å²) in [6, 6.07) is 11.1. The summed E-state index contributed by atoms with van der Waals surface area (Å²) in [5, 5.41) is 4.61. The Kier molecular flexibility index (Phi) is 6.61. The number of carbonyl (C=O) groups excluding carboxylic acids is 2. The molecule has 0 fully saturated rings. The predicted octanol–water partition coefficient (Wildman–Crippen LogP) is 3.03. The van der Waals surface area contributed by atoms with Crippen molar-refractivity contribution in [2.45, 2.75) is 31.3 Å². The average molecular weight is 346 g/mol. The minimum absolute atomic E-state index is 0.0187. The van der Waals surface area contributed by atoms with Crippen molar-refractivity contribution in [3.05, 3.63) is 36.4 Å². The third-order valence-electron chi connectivity index (χ3n) is 3.91. The van der Waals surface area contributed by atoms with Gasteiger partial charge >= 0.3 is 5.97 Å². The van der Waals surface area contributed by atoms with Gasteiger partial charge in [0.1, 0.15) is 6.04 Å². The third kappa shape index (κ3) is 4.71. The van der Waals surface area contributed by atoms with Crippen LogP contribution in [0, 0.1) is 5.92 Å². The first kappa shape index (κ1) is 18.3. The van der Waals surface area contributed by atoms with Crippen molar-refractivity contribution in [3.63, 3.8) is 0 Å². The lowest BCUT2D eigenvalue weighted by molar-refractivity contribution is -0.146. The van der Waals surface area contributed by atoms with E-state index in [4.69, 9.17) is 4.74 Å². The number of aromatic nitrogens is 1. The van der Waals surface area contributed by atoms with Crippen LogP contribution in [0.5, 0.6) is 0 Å². The fourth-order valence-electron chi connectivity index (χ4n) is 2.28. The van der Waals surface area contributed by atoms with Gasteiger partial charge in [-0.2, -0.15) is 0 Å². The minimum atomic E-state index is -0.613. The summed E-state index contributed by atoms with van der Waals surface area (Å²) in [5.41, 5.74) is 0.898. The number of esters is 1. The number of rotatable bonds is 7. The molecule has 0 saturated carbocycles. The van der Waals surface area contributed by atoms with E-state index in [1.54, 1.807) is 0 Å². The Hall–Kier alpha value is -2.08. The van der Waals surface area contributed by atoms with Crippen molar-refractivity contribution >= 4 is 34.5 Å². The van der Waals surface area contributed by atoms with Gasteiger partial charge in [0.05, 0.1) is 23.4 Å². The molecule has 1 heterocycles. The van der Waals surface area contributed by atoms with Crippen molar-refractivity contribution in [2.75, 3.05) is 12.9 Å². The fourth-order valence-corrected chi connectivity index (χ4v) is 2.97. The number of nitrogens with one attached hydrogen (secondary N) is 1. The van der Waals surface area contributed by atoms with E-state index in [0.29, 0.717) is 0 Å². The molecule has 0 unspecified atom stereocenters. The Morgan fingerprint density at radius 3 is 2.71 bits per heavy atom. The topological polar surface area (TPSA) is 68.3 Å². The van der Waals surface area contributed by atoms with Crippen molar-refractivity contribution in [3.8, 4) is 0 Å². The van der Waals surface area contributed by atoms with Gasteiger partial charge in [-0.05, 0) is 18.1 Å². The van der Waals surface area contributed by atoms with E-state index in [2.05, 4.69) is 10.3 Å². The zero-order valence-electron chi connectivity index (χ0n) is 14.1. The Labute approximate surface area is 146 Å². The first-order valence-corrected chi connectivity index (χ1v) is 8.89. The SMILES string of the molecule is CC[C@H](C)[C@H](NC(=O)CSc1ccc2ccccc2n1)C(=O)OC. The number of benzene rings is 1. The summed E-state index contributed by atoms with van der Waals surface area (Å²) >= 11 is 1.35. The monoisotopic (exact) mass is 346 g/mol. The number of thioether (sulfide) groups is 1. The molecule has 0 aliphatic heterocycles. The number of pyridine rings is 1. The summed E-state index contributed by atoms with van der Waals surface area (Å²) in [7, 11) is 1.33. The van der Waals surface area contributed by atoms with Crippen LogP contribution in [0.1, 0.15) is 20.3 Å². The molecule has 0 aliphatic carbocycles. The number of ether oxygens (including phenoxy) is 1. The van der Waals surface area contributed by atoms with Gasteiger partial charge in [-0.1, -0.05) is 56.3 Å². The number of fused-ring (bicyclic) bond motifs is 1. The predicted molar refractivity (Wildman–Crippen MR) is 95.9 cm³/mol. The highest BCUT2D eigenvalue weighted by Crippen LogP contribution is 2.20.